The van der Waals surface area contributed by atoms with Crippen LogP contribution in [0.15, 0.2) is 0 Å². The van der Waals surface area contributed by atoms with Gasteiger partial charge in [0.2, 0.25) is 0 Å². The topological polar surface area (TPSA) is 55.5 Å². The summed E-state index contributed by atoms with van der Waals surface area (Å²) in [6, 6.07) is 7.79. The van der Waals surface area contributed by atoms with E-state index in [2.05, 4.69) is 30.5 Å². The average Bonchev–Trinajstić information content (AvgIpc) is 3.57. The summed E-state index contributed by atoms with van der Waals surface area (Å²) >= 11 is 0. The van der Waals surface area contributed by atoms with Crippen LogP contribution in [0.25, 0.3) is 0 Å². The van der Waals surface area contributed by atoms with Gasteiger partial charge in [0.25, 0.3) is 0 Å². The van der Waals surface area contributed by atoms with Crippen LogP contribution < -0.4 is 10.9 Å². The average molecular weight is 787 g/mol. The smallest absolute Gasteiger partial charge is 0.0735 e. The summed E-state index contributed by atoms with van der Waals surface area (Å²) in [6.07, 6.45) is 40.3. The molecule has 0 aromatic carbocycles. The SMILES string of the molecule is C1CCC2C(C1)OC1CCCCC1N2C1CCC2C(C1)C1CC(N3C4CCCCC4OC4CCCCC43)CCC1N2C1CCC(N2CC(C3CCNNC3)C2)CC1. The highest BCUT2D eigenvalue weighted by Crippen LogP contribution is 2.55. The molecule has 0 radical (unpaired) electrons. The van der Waals surface area contributed by atoms with E-state index in [-0.39, 0.29) is 0 Å². The van der Waals surface area contributed by atoms with Crippen LogP contribution in [0.2, 0.25) is 0 Å². The monoisotopic (exact) mass is 787 g/mol. The van der Waals surface area contributed by atoms with Crippen LogP contribution >= 0.6 is 0 Å². The van der Waals surface area contributed by atoms with E-state index in [1.165, 1.54) is 193 Å². The van der Waals surface area contributed by atoms with Crippen LogP contribution in [0.3, 0.4) is 0 Å². The molecule has 57 heavy (non-hydrogen) atoms. The van der Waals surface area contributed by atoms with E-state index in [4.69, 9.17) is 9.47 Å². The molecule has 7 saturated carbocycles. The number of ether oxygens (including phenoxy) is 2. The molecule has 5 saturated heterocycles. The van der Waals surface area contributed by atoms with Crippen molar-refractivity contribution < 1.29 is 9.47 Å². The first kappa shape index (κ1) is 38.4. The number of fused-ring (bicyclic) bond motifs is 7. The van der Waals surface area contributed by atoms with Gasteiger partial charge in [-0.25, -0.2) is 0 Å². The molecule has 7 aliphatic carbocycles. The molecule has 15 unspecified atom stereocenters. The highest BCUT2D eigenvalue weighted by Gasteiger charge is 2.59. The second kappa shape index (κ2) is 16.4. The Morgan fingerprint density at radius 1 is 0.351 bits per heavy atom. The van der Waals surface area contributed by atoms with Crippen molar-refractivity contribution in [2.75, 3.05) is 26.2 Å². The Bertz CT molecular complexity index is 1250. The summed E-state index contributed by atoms with van der Waals surface area (Å²) in [5.74, 6) is 3.63. The van der Waals surface area contributed by atoms with E-state index >= 15 is 0 Å². The predicted molar refractivity (Wildman–Crippen MR) is 227 cm³/mol. The second-order valence-electron chi connectivity index (χ2n) is 22.6. The minimum absolute atomic E-state index is 0.518. The minimum atomic E-state index is 0.518. The van der Waals surface area contributed by atoms with Gasteiger partial charge in [-0.1, -0.05) is 51.4 Å². The number of hydrogen-bond acceptors (Lipinski definition) is 8. The molecule has 8 heteroatoms. The van der Waals surface area contributed by atoms with Gasteiger partial charge in [-0.15, -0.1) is 0 Å². The summed E-state index contributed by atoms with van der Waals surface area (Å²) in [5.41, 5.74) is 6.82. The molecule has 0 aromatic rings. The van der Waals surface area contributed by atoms with Gasteiger partial charge in [0.1, 0.15) is 0 Å². The number of rotatable bonds is 5. The Kier molecular flexibility index (Phi) is 11.1. The summed E-state index contributed by atoms with van der Waals surface area (Å²) in [5, 5.41) is 0. The molecule has 0 spiro atoms. The zero-order chi connectivity index (χ0) is 37.5. The van der Waals surface area contributed by atoms with Crippen molar-refractivity contribution in [1.29, 1.82) is 0 Å². The van der Waals surface area contributed by atoms with Crippen molar-refractivity contribution in [3.05, 3.63) is 0 Å². The van der Waals surface area contributed by atoms with Gasteiger partial charge >= 0.3 is 0 Å². The van der Waals surface area contributed by atoms with E-state index in [1.807, 2.05) is 0 Å². The third kappa shape index (κ3) is 6.97. The van der Waals surface area contributed by atoms with Gasteiger partial charge in [-0.3, -0.25) is 30.5 Å². The van der Waals surface area contributed by atoms with Crippen LogP contribution in [-0.4, -0.2) is 131 Å². The van der Waals surface area contributed by atoms with E-state index in [0.29, 0.717) is 48.6 Å². The molecule has 2 N–H and O–H groups in total. The molecule has 5 heterocycles. The molecular weight excluding hydrogens is 705 g/mol. The summed E-state index contributed by atoms with van der Waals surface area (Å²) in [6.45, 7) is 5.08. The number of morpholine rings is 2. The zero-order valence-corrected chi connectivity index (χ0v) is 35.9. The fourth-order valence-corrected chi connectivity index (χ4v) is 17.6. The molecule has 0 amide bonds. The number of likely N-dealkylation sites (tertiary alicyclic amines) is 2. The lowest BCUT2D eigenvalue weighted by Gasteiger charge is -2.58. The van der Waals surface area contributed by atoms with Crippen LogP contribution in [0.4, 0.5) is 0 Å². The first-order chi connectivity index (χ1) is 28.2. The van der Waals surface area contributed by atoms with Crippen LogP contribution in [0, 0.1) is 23.7 Å². The maximum absolute atomic E-state index is 7.05. The quantitative estimate of drug-likeness (QED) is 0.295. The number of hydrazine groups is 1. The van der Waals surface area contributed by atoms with Crippen molar-refractivity contribution >= 4 is 0 Å². The van der Waals surface area contributed by atoms with Crippen LogP contribution in [0.5, 0.6) is 0 Å². The predicted octanol–water partition coefficient (Wildman–Crippen LogP) is 7.64. The largest absolute Gasteiger partial charge is 0.372 e. The first-order valence-electron chi connectivity index (χ1n) is 26.1. The maximum Gasteiger partial charge on any atom is 0.0735 e. The molecule has 12 aliphatic rings. The van der Waals surface area contributed by atoms with E-state index < -0.39 is 0 Å². The minimum Gasteiger partial charge on any atom is -0.372 e. The molecule has 8 nitrogen and oxygen atoms in total. The first-order valence-corrected chi connectivity index (χ1v) is 26.1. The molecule has 12 fully saturated rings. The zero-order valence-electron chi connectivity index (χ0n) is 35.9. The summed E-state index contributed by atoms with van der Waals surface area (Å²) in [4.78, 5) is 12.8. The van der Waals surface area contributed by atoms with Crippen molar-refractivity contribution in [2.45, 2.75) is 258 Å². The van der Waals surface area contributed by atoms with Gasteiger partial charge in [0.15, 0.2) is 0 Å². The molecule has 15 atom stereocenters. The molecule has 0 aromatic heterocycles. The van der Waals surface area contributed by atoms with E-state index in [1.54, 1.807) is 0 Å². The number of nitrogens with one attached hydrogen (secondary N) is 2. The number of nitrogens with zero attached hydrogens (tertiary/aromatic N) is 4. The Morgan fingerprint density at radius 3 is 1.23 bits per heavy atom. The van der Waals surface area contributed by atoms with Gasteiger partial charge in [-0.05, 0) is 146 Å². The lowest BCUT2D eigenvalue weighted by Crippen LogP contribution is -2.66. The highest BCUT2D eigenvalue weighted by molar-refractivity contribution is 5.13. The Morgan fingerprint density at radius 2 is 0.772 bits per heavy atom. The van der Waals surface area contributed by atoms with Crippen LogP contribution in [-0.2, 0) is 9.47 Å². The molecule has 0 bridgehead atoms. The van der Waals surface area contributed by atoms with E-state index in [0.717, 1.165) is 66.5 Å². The fourth-order valence-electron chi connectivity index (χ4n) is 17.6. The van der Waals surface area contributed by atoms with Gasteiger partial charge in [-0.2, -0.15) is 0 Å². The summed E-state index contributed by atoms with van der Waals surface area (Å²) in [7, 11) is 0. The van der Waals surface area contributed by atoms with Gasteiger partial charge in [0.05, 0.1) is 24.4 Å². The highest BCUT2D eigenvalue weighted by atomic mass is 16.5. The summed E-state index contributed by atoms with van der Waals surface area (Å²) < 4.78 is 14.1. The Labute approximate surface area is 347 Å². The van der Waals surface area contributed by atoms with Crippen molar-refractivity contribution in [2.24, 2.45) is 23.7 Å². The lowest BCUT2D eigenvalue weighted by molar-refractivity contribution is -0.194. The van der Waals surface area contributed by atoms with Crippen molar-refractivity contribution in [3.63, 3.8) is 0 Å². The third-order valence-corrected chi connectivity index (χ3v) is 20.1. The van der Waals surface area contributed by atoms with E-state index in [9.17, 15) is 0 Å². The van der Waals surface area contributed by atoms with Crippen LogP contribution in [0.1, 0.15) is 173 Å². The maximum atomic E-state index is 7.05. The normalized spacial score (nSPS) is 51.7. The van der Waals surface area contributed by atoms with Crippen molar-refractivity contribution in [1.82, 2.24) is 30.5 Å². The second-order valence-corrected chi connectivity index (χ2v) is 22.6. The Hall–Kier alpha value is -0.320. The Balaban J connectivity index is 0.796. The molecule has 5 aliphatic heterocycles. The molecule has 12 rings (SSSR count). The lowest BCUT2D eigenvalue weighted by atomic mass is 9.68. The standard InChI is InChI=1S/C49H82N6O2/c1-5-13-46-42(9-1)54(43-10-2-6-14-47(43)56-46)36-21-23-40-38(27-36)39-28-37(55-44-11-3-7-15-48(44)57-49-16-8-4-12-45(49)55)22-24-41(39)53(40)35-19-17-34(18-20-35)52-30-33(31-52)32-25-26-50-51-29-32/h32-51H,1-31H2. The van der Waals surface area contributed by atoms with Gasteiger partial charge in [0, 0.05) is 86.6 Å². The van der Waals surface area contributed by atoms with Crippen molar-refractivity contribution in [3.8, 4) is 0 Å². The molecular formula is C49H82N6O2. The number of hydrogen-bond donors (Lipinski definition) is 2. The molecule has 320 valence electrons. The van der Waals surface area contributed by atoms with Gasteiger partial charge < -0.3 is 9.47 Å². The third-order valence-electron chi connectivity index (χ3n) is 20.1. The fraction of sp³-hybridized carbons (Fsp3) is 1.00.